The zero-order valence-electron chi connectivity index (χ0n) is 34.3. The van der Waals surface area contributed by atoms with Gasteiger partial charge >= 0.3 is 18.2 Å². The summed E-state index contributed by atoms with van der Waals surface area (Å²) in [4.78, 5) is 51.4. The number of ether oxygens (including phenoxy) is 2. The van der Waals surface area contributed by atoms with E-state index in [-0.39, 0.29) is 32.0 Å². The number of hydrogen-bond donors (Lipinski definition) is 2. The minimum absolute atomic E-state index is 0.0197. The molecular weight excluding hydrogens is 791 g/mol. The predicted octanol–water partition coefficient (Wildman–Crippen LogP) is 7.64. The fourth-order valence-corrected chi connectivity index (χ4v) is 7.71. The molecule has 17 heteroatoms. The standard InChI is InChI=1S/C45H41N11O6/c1-5-61-43(59)55(26-29-16-20-37-31(24-29)18-21-38(46-37)32-11-7-9-13-34(32)40-48-51-52-49-40)45(27(3)4,42(57)58)25-28-15-19-36-30(23-28)17-22-39(47-36)33-12-8-10-14-35(33)41-50-53-54-56(41)44(60)62-6-2/h7-24,27H,5-6,25-26H2,1-4H3,(H,57,58)(H,48,49,51,52)/t45-/m0/s1. The van der Waals surface area contributed by atoms with Crippen molar-refractivity contribution in [1.82, 2.24) is 55.7 Å². The van der Waals surface area contributed by atoms with Crippen LogP contribution in [0.3, 0.4) is 0 Å². The summed E-state index contributed by atoms with van der Waals surface area (Å²) in [5, 5.41) is 38.8. The quantitative estimate of drug-likeness (QED) is 0.107. The summed E-state index contributed by atoms with van der Waals surface area (Å²) in [6.07, 6.45) is -1.46. The monoisotopic (exact) mass is 831 g/mol. The molecule has 4 aromatic carbocycles. The summed E-state index contributed by atoms with van der Waals surface area (Å²) in [5.74, 6) is -1.06. The zero-order chi connectivity index (χ0) is 43.4. The molecule has 0 aliphatic heterocycles. The number of carbonyl (C=O) groups excluding carboxylic acids is 2. The molecule has 1 atom stereocenters. The van der Waals surface area contributed by atoms with Crippen molar-refractivity contribution in [2.45, 2.75) is 46.2 Å². The Bertz CT molecular complexity index is 2930. The van der Waals surface area contributed by atoms with Gasteiger partial charge in [0.1, 0.15) is 5.54 Å². The van der Waals surface area contributed by atoms with Gasteiger partial charge in [0, 0.05) is 39.4 Å². The maximum absolute atomic E-state index is 13.9. The highest BCUT2D eigenvalue weighted by Crippen LogP contribution is 2.36. The Kier molecular flexibility index (Phi) is 11.4. The number of pyridine rings is 2. The second-order valence-corrected chi connectivity index (χ2v) is 14.7. The van der Waals surface area contributed by atoms with Gasteiger partial charge in [0.25, 0.3) is 0 Å². The third-order valence-electron chi connectivity index (χ3n) is 10.8. The van der Waals surface area contributed by atoms with Crippen LogP contribution in [0.15, 0.2) is 109 Å². The molecule has 0 saturated heterocycles. The van der Waals surface area contributed by atoms with Crippen LogP contribution in [0.1, 0.15) is 38.8 Å². The highest BCUT2D eigenvalue weighted by atomic mass is 16.6. The van der Waals surface area contributed by atoms with Gasteiger partial charge in [0.2, 0.25) is 5.82 Å². The molecular formula is C45H41N11O6. The fraction of sp³-hybridized carbons (Fsp3) is 0.222. The molecule has 312 valence electrons. The lowest BCUT2D eigenvalue weighted by molar-refractivity contribution is -0.154. The first-order chi connectivity index (χ1) is 30.1. The Balaban J connectivity index is 1.11. The fourth-order valence-electron chi connectivity index (χ4n) is 7.71. The van der Waals surface area contributed by atoms with Gasteiger partial charge in [-0.25, -0.2) is 24.4 Å². The largest absolute Gasteiger partial charge is 0.479 e. The van der Waals surface area contributed by atoms with E-state index in [1.807, 2.05) is 103 Å². The van der Waals surface area contributed by atoms with Gasteiger partial charge in [-0.3, -0.25) is 4.90 Å². The van der Waals surface area contributed by atoms with Crippen LogP contribution in [0.5, 0.6) is 0 Å². The number of aliphatic carboxylic acids is 1. The van der Waals surface area contributed by atoms with Crippen molar-refractivity contribution in [1.29, 1.82) is 0 Å². The van der Waals surface area contributed by atoms with Crippen LogP contribution in [0.25, 0.3) is 67.1 Å². The molecule has 17 nitrogen and oxygen atoms in total. The molecule has 0 spiro atoms. The normalized spacial score (nSPS) is 12.3. The number of H-pyrrole nitrogens is 1. The van der Waals surface area contributed by atoms with Crippen LogP contribution in [-0.2, 0) is 27.2 Å². The van der Waals surface area contributed by atoms with E-state index in [1.165, 1.54) is 4.90 Å². The summed E-state index contributed by atoms with van der Waals surface area (Å²) in [6.45, 7) is 7.15. The molecule has 0 aliphatic carbocycles. The second kappa shape index (κ2) is 17.3. The number of aromatic amines is 1. The molecule has 0 unspecified atom stereocenters. The summed E-state index contributed by atoms with van der Waals surface area (Å²) >= 11 is 0. The van der Waals surface area contributed by atoms with Crippen LogP contribution in [0.4, 0.5) is 9.59 Å². The number of benzene rings is 4. The van der Waals surface area contributed by atoms with E-state index in [0.717, 1.165) is 26.6 Å². The Hall–Kier alpha value is -7.95. The number of nitrogens with one attached hydrogen (secondary N) is 1. The minimum Gasteiger partial charge on any atom is -0.479 e. The number of carboxylic acids is 1. The number of amides is 1. The number of fused-ring (bicyclic) bond motifs is 2. The third-order valence-corrected chi connectivity index (χ3v) is 10.8. The van der Waals surface area contributed by atoms with Crippen molar-refractivity contribution < 1.29 is 29.0 Å². The maximum Gasteiger partial charge on any atom is 0.438 e. The predicted molar refractivity (Wildman–Crippen MR) is 228 cm³/mol. The number of aromatic nitrogens is 10. The van der Waals surface area contributed by atoms with E-state index >= 15 is 0 Å². The topological polar surface area (TPSA) is 217 Å². The molecule has 0 saturated carbocycles. The highest BCUT2D eigenvalue weighted by molar-refractivity contribution is 5.89. The van der Waals surface area contributed by atoms with Gasteiger partial charge in [0.05, 0.1) is 42.2 Å². The number of hydrogen-bond acceptors (Lipinski definition) is 13. The first-order valence-electron chi connectivity index (χ1n) is 20.0. The number of carboxylic acid groups (broad SMARTS) is 1. The Morgan fingerprint density at radius 2 is 1.34 bits per heavy atom. The molecule has 62 heavy (non-hydrogen) atoms. The molecule has 1 amide bonds. The van der Waals surface area contributed by atoms with E-state index in [9.17, 15) is 19.5 Å². The van der Waals surface area contributed by atoms with E-state index in [1.54, 1.807) is 33.8 Å². The van der Waals surface area contributed by atoms with E-state index < -0.39 is 29.6 Å². The summed E-state index contributed by atoms with van der Waals surface area (Å²) < 4.78 is 11.7. The SMILES string of the molecule is CCOC(=O)N(Cc1ccc2nc(-c3ccccc3-c3nn[nH]n3)ccc2c1)[C@](Cc1ccc2nc(-c3ccccc3-c3nnnn3C(=O)OCC)ccc2c1)(C(=O)O)C(C)C. The van der Waals surface area contributed by atoms with Gasteiger partial charge in [-0.1, -0.05) is 86.6 Å². The van der Waals surface area contributed by atoms with Gasteiger partial charge in [-0.05, 0) is 82.9 Å². The number of carbonyl (C=O) groups is 3. The zero-order valence-corrected chi connectivity index (χ0v) is 34.3. The molecule has 0 aliphatic rings. The molecule has 4 aromatic heterocycles. The second-order valence-electron chi connectivity index (χ2n) is 14.7. The van der Waals surface area contributed by atoms with Crippen molar-refractivity contribution in [3.8, 4) is 45.3 Å². The van der Waals surface area contributed by atoms with Crippen molar-refractivity contribution in [3.63, 3.8) is 0 Å². The van der Waals surface area contributed by atoms with E-state index in [4.69, 9.17) is 19.4 Å². The van der Waals surface area contributed by atoms with Crippen LogP contribution in [-0.4, -0.2) is 97.7 Å². The van der Waals surface area contributed by atoms with Crippen LogP contribution >= 0.6 is 0 Å². The first kappa shape index (κ1) is 40.8. The maximum atomic E-state index is 13.9. The van der Waals surface area contributed by atoms with Crippen molar-refractivity contribution in [2.24, 2.45) is 5.92 Å². The average Bonchev–Trinajstić information content (AvgIpc) is 4.01. The smallest absolute Gasteiger partial charge is 0.438 e. The third kappa shape index (κ3) is 7.78. The lowest BCUT2D eigenvalue weighted by Gasteiger charge is -2.43. The van der Waals surface area contributed by atoms with Gasteiger partial charge in [-0.15, -0.1) is 20.0 Å². The van der Waals surface area contributed by atoms with Crippen molar-refractivity contribution >= 4 is 40.0 Å². The highest BCUT2D eigenvalue weighted by Gasteiger charge is 2.50. The molecule has 2 N–H and O–H groups in total. The summed E-state index contributed by atoms with van der Waals surface area (Å²) in [6, 6.07) is 33.7. The van der Waals surface area contributed by atoms with Crippen molar-refractivity contribution in [3.05, 3.63) is 120 Å². The number of nitrogens with zero attached hydrogens (tertiary/aromatic N) is 10. The van der Waals surface area contributed by atoms with Crippen molar-refractivity contribution in [2.75, 3.05) is 13.2 Å². The number of rotatable bonds is 13. The van der Waals surface area contributed by atoms with E-state index in [0.29, 0.717) is 50.5 Å². The van der Waals surface area contributed by atoms with Gasteiger partial charge in [0.15, 0.2) is 5.82 Å². The van der Waals surface area contributed by atoms with Crippen LogP contribution < -0.4 is 0 Å². The Morgan fingerprint density at radius 3 is 1.94 bits per heavy atom. The van der Waals surface area contributed by atoms with Crippen LogP contribution in [0.2, 0.25) is 0 Å². The lowest BCUT2D eigenvalue weighted by atomic mass is 9.78. The van der Waals surface area contributed by atoms with E-state index in [2.05, 4.69) is 36.1 Å². The summed E-state index contributed by atoms with van der Waals surface area (Å²) in [7, 11) is 0. The average molecular weight is 832 g/mol. The molecule has 0 fully saturated rings. The minimum atomic E-state index is -1.72. The molecule has 4 heterocycles. The lowest BCUT2D eigenvalue weighted by Crippen LogP contribution is -2.61. The Labute approximate surface area is 354 Å². The Morgan fingerprint density at radius 1 is 0.742 bits per heavy atom. The molecule has 8 aromatic rings. The van der Waals surface area contributed by atoms with Gasteiger partial charge < -0.3 is 14.6 Å². The molecule has 8 rings (SSSR count). The number of tetrazole rings is 2. The van der Waals surface area contributed by atoms with Gasteiger partial charge in [-0.2, -0.15) is 5.21 Å². The van der Waals surface area contributed by atoms with Crippen LogP contribution in [0, 0.1) is 5.92 Å². The summed E-state index contributed by atoms with van der Waals surface area (Å²) in [5.41, 5.74) is 5.20. The molecule has 0 bridgehead atoms. The molecule has 0 radical (unpaired) electrons. The first-order valence-corrected chi connectivity index (χ1v) is 20.0.